The van der Waals surface area contributed by atoms with Crippen LogP contribution in [0.2, 0.25) is 0 Å². The Morgan fingerprint density at radius 2 is 1.83 bits per heavy atom. The molecule has 1 N–H and O–H groups in total. The lowest BCUT2D eigenvalue weighted by atomic mass is 10.0. The molecule has 1 unspecified atom stereocenters. The van der Waals surface area contributed by atoms with Crippen molar-refractivity contribution in [3.63, 3.8) is 0 Å². The summed E-state index contributed by atoms with van der Waals surface area (Å²) >= 11 is 1.42. The number of hydrogen-bond donors (Lipinski definition) is 1. The summed E-state index contributed by atoms with van der Waals surface area (Å²) < 4.78 is 10.6. The summed E-state index contributed by atoms with van der Waals surface area (Å²) in [5.41, 5.74) is 3.17. The number of aryl methyl sites for hydroxylation is 1. The van der Waals surface area contributed by atoms with Crippen LogP contribution < -0.4 is 9.47 Å². The third kappa shape index (κ3) is 2.19. The van der Waals surface area contributed by atoms with Gasteiger partial charge in [-0.05, 0) is 19.1 Å². The van der Waals surface area contributed by atoms with Crippen LogP contribution >= 0.6 is 11.3 Å². The Labute approximate surface area is 110 Å². The number of aliphatic hydroxyl groups is 1. The predicted molar refractivity (Wildman–Crippen MR) is 70.5 cm³/mol. The van der Waals surface area contributed by atoms with E-state index in [0.717, 1.165) is 10.6 Å². The minimum absolute atomic E-state index is 0.606. The van der Waals surface area contributed by atoms with Gasteiger partial charge in [0.1, 0.15) is 17.6 Å². The Bertz CT molecular complexity index is 517. The maximum Gasteiger partial charge on any atom is 0.128 e. The molecule has 18 heavy (non-hydrogen) atoms. The number of rotatable bonds is 4. The molecule has 96 valence electrons. The van der Waals surface area contributed by atoms with Gasteiger partial charge in [-0.1, -0.05) is 6.07 Å². The van der Waals surface area contributed by atoms with Gasteiger partial charge in [-0.3, -0.25) is 0 Å². The third-order valence-electron chi connectivity index (χ3n) is 2.77. The van der Waals surface area contributed by atoms with E-state index < -0.39 is 6.10 Å². The normalized spacial score (nSPS) is 12.2. The van der Waals surface area contributed by atoms with Gasteiger partial charge in [-0.25, -0.2) is 4.98 Å². The third-order valence-corrected chi connectivity index (χ3v) is 3.75. The zero-order valence-corrected chi connectivity index (χ0v) is 11.3. The summed E-state index contributed by atoms with van der Waals surface area (Å²) in [6, 6.07) is 5.43. The van der Waals surface area contributed by atoms with Crippen molar-refractivity contribution in [1.82, 2.24) is 4.98 Å². The maximum absolute atomic E-state index is 10.5. The molecule has 1 heterocycles. The van der Waals surface area contributed by atoms with Gasteiger partial charge in [-0.2, -0.15) is 0 Å². The van der Waals surface area contributed by atoms with Crippen LogP contribution in [-0.4, -0.2) is 24.3 Å². The number of hydrogen-bond acceptors (Lipinski definition) is 5. The van der Waals surface area contributed by atoms with Gasteiger partial charge in [-0.15, -0.1) is 11.3 Å². The SMILES string of the molecule is COc1cccc(OC)c1C(O)c1scnc1C. The molecular weight excluding hydrogens is 250 g/mol. The van der Waals surface area contributed by atoms with Crippen molar-refractivity contribution < 1.29 is 14.6 Å². The second-order valence-corrected chi connectivity index (χ2v) is 4.67. The standard InChI is InChI=1S/C13H15NO3S/c1-8-13(18-7-14-8)12(15)11-9(16-2)5-4-6-10(11)17-3/h4-7,12,15H,1-3H3. The van der Waals surface area contributed by atoms with Crippen molar-refractivity contribution in [2.24, 2.45) is 0 Å². The van der Waals surface area contributed by atoms with Crippen molar-refractivity contribution in [2.45, 2.75) is 13.0 Å². The van der Waals surface area contributed by atoms with Crippen molar-refractivity contribution in [3.8, 4) is 11.5 Å². The van der Waals surface area contributed by atoms with Crippen molar-refractivity contribution in [1.29, 1.82) is 0 Å². The monoisotopic (exact) mass is 265 g/mol. The molecule has 0 aliphatic rings. The highest BCUT2D eigenvalue weighted by atomic mass is 32.1. The molecule has 5 heteroatoms. The highest BCUT2D eigenvalue weighted by molar-refractivity contribution is 7.09. The van der Waals surface area contributed by atoms with Crippen LogP contribution in [0.25, 0.3) is 0 Å². The van der Waals surface area contributed by atoms with E-state index in [1.807, 2.05) is 13.0 Å². The molecule has 2 rings (SSSR count). The molecule has 0 aliphatic carbocycles. The fourth-order valence-electron chi connectivity index (χ4n) is 1.85. The lowest BCUT2D eigenvalue weighted by molar-refractivity contribution is 0.211. The first kappa shape index (κ1) is 12.9. The minimum atomic E-state index is -0.788. The molecule has 1 aromatic carbocycles. The van der Waals surface area contributed by atoms with E-state index in [1.165, 1.54) is 11.3 Å². The minimum Gasteiger partial charge on any atom is -0.496 e. The van der Waals surface area contributed by atoms with E-state index in [9.17, 15) is 5.11 Å². The lowest BCUT2D eigenvalue weighted by Crippen LogP contribution is -2.04. The molecular formula is C13H15NO3S. The van der Waals surface area contributed by atoms with E-state index in [1.54, 1.807) is 31.9 Å². The van der Waals surface area contributed by atoms with Crippen LogP contribution in [0.1, 0.15) is 22.2 Å². The van der Waals surface area contributed by atoms with Gasteiger partial charge >= 0.3 is 0 Å². The van der Waals surface area contributed by atoms with Crippen LogP contribution in [0.5, 0.6) is 11.5 Å². The molecule has 1 aromatic heterocycles. The molecule has 0 amide bonds. The number of benzene rings is 1. The van der Waals surface area contributed by atoms with E-state index in [-0.39, 0.29) is 0 Å². The summed E-state index contributed by atoms with van der Waals surface area (Å²) in [5, 5.41) is 10.5. The lowest BCUT2D eigenvalue weighted by Gasteiger charge is -2.17. The number of nitrogens with zero attached hydrogens (tertiary/aromatic N) is 1. The number of ether oxygens (including phenoxy) is 2. The van der Waals surface area contributed by atoms with Gasteiger partial charge in [0.05, 0.1) is 35.9 Å². The fourth-order valence-corrected chi connectivity index (χ4v) is 2.65. The van der Waals surface area contributed by atoms with Crippen LogP contribution in [0.15, 0.2) is 23.7 Å². The average Bonchev–Trinajstić information content (AvgIpc) is 2.83. The Kier molecular flexibility index (Phi) is 3.84. The van der Waals surface area contributed by atoms with Crippen LogP contribution in [0, 0.1) is 6.92 Å². The average molecular weight is 265 g/mol. The molecule has 2 aromatic rings. The molecule has 4 nitrogen and oxygen atoms in total. The predicted octanol–water partition coefficient (Wildman–Crippen LogP) is 2.55. The Hall–Kier alpha value is -1.59. The van der Waals surface area contributed by atoms with E-state index in [2.05, 4.69) is 4.98 Å². The van der Waals surface area contributed by atoms with Gasteiger partial charge in [0, 0.05) is 0 Å². The Morgan fingerprint density at radius 1 is 1.22 bits per heavy atom. The smallest absolute Gasteiger partial charge is 0.128 e. The van der Waals surface area contributed by atoms with Crippen molar-refractivity contribution >= 4 is 11.3 Å². The van der Waals surface area contributed by atoms with Crippen molar-refractivity contribution in [3.05, 3.63) is 39.8 Å². The van der Waals surface area contributed by atoms with E-state index in [0.29, 0.717) is 17.1 Å². The molecule has 0 saturated heterocycles. The molecule has 0 spiro atoms. The van der Waals surface area contributed by atoms with Gasteiger partial charge in [0.25, 0.3) is 0 Å². The van der Waals surface area contributed by atoms with Gasteiger partial charge < -0.3 is 14.6 Å². The van der Waals surface area contributed by atoms with Gasteiger partial charge in [0.15, 0.2) is 0 Å². The van der Waals surface area contributed by atoms with Crippen LogP contribution in [0.3, 0.4) is 0 Å². The van der Waals surface area contributed by atoms with Crippen molar-refractivity contribution in [2.75, 3.05) is 14.2 Å². The first-order chi connectivity index (χ1) is 8.69. The number of thiazole rings is 1. The molecule has 0 fully saturated rings. The number of aromatic nitrogens is 1. The van der Waals surface area contributed by atoms with E-state index >= 15 is 0 Å². The summed E-state index contributed by atoms with van der Waals surface area (Å²) in [5.74, 6) is 1.21. The second-order valence-electron chi connectivity index (χ2n) is 3.78. The summed E-state index contributed by atoms with van der Waals surface area (Å²) in [6.07, 6.45) is -0.788. The largest absolute Gasteiger partial charge is 0.496 e. The first-order valence-electron chi connectivity index (χ1n) is 5.48. The van der Waals surface area contributed by atoms with Crippen LogP contribution in [-0.2, 0) is 0 Å². The molecule has 0 radical (unpaired) electrons. The first-order valence-corrected chi connectivity index (χ1v) is 6.36. The maximum atomic E-state index is 10.5. The highest BCUT2D eigenvalue weighted by Crippen LogP contribution is 2.39. The quantitative estimate of drug-likeness (QED) is 0.923. The summed E-state index contributed by atoms with van der Waals surface area (Å²) in [6.45, 7) is 1.87. The van der Waals surface area contributed by atoms with E-state index in [4.69, 9.17) is 9.47 Å². The highest BCUT2D eigenvalue weighted by Gasteiger charge is 2.23. The zero-order chi connectivity index (χ0) is 13.1. The fraction of sp³-hybridized carbons (Fsp3) is 0.308. The van der Waals surface area contributed by atoms with Crippen LogP contribution in [0.4, 0.5) is 0 Å². The molecule has 0 saturated carbocycles. The summed E-state index contributed by atoms with van der Waals surface area (Å²) in [4.78, 5) is 4.95. The summed E-state index contributed by atoms with van der Waals surface area (Å²) in [7, 11) is 3.15. The van der Waals surface area contributed by atoms with Gasteiger partial charge in [0.2, 0.25) is 0 Å². The number of methoxy groups -OCH3 is 2. The molecule has 1 atom stereocenters. The number of aliphatic hydroxyl groups excluding tert-OH is 1. The molecule has 0 bridgehead atoms. The Morgan fingerprint density at radius 3 is 2.28 bits per heavy atom. The second kappa shape index (κ2) is 5.37. The Balaban J connectivity index is 2.52. The zero-order valence-electron chi connectivity index (χ0n) is 10.5. The topological polar surface area (TPSA) is 51.6 Å². The molecule has 0 aliphatic heterocycles.